The molecule has 0 unspecified atom stereocenters. The van der Waals surface area contributed by atoms with Crippen LogP contribution < -0.4 is 20.9 Å². The van der Waals surface area contributed by atoms with Crippen LogP contribution in [0.4, 0.5) is 27.7 Å². The van der Waals surface area contributed by atoms with Crippen molar-refractivity contribution in [1.29, 1.82) is 0 Å². The van der Waals surface area contributed by atoms with Crippen LogP contribution in [-0.4, -0.2) is 42.9 Å². The molecular formula is C24H28N6O2. The normalized spacial score (nSPS) is 15.6. The Morgan fingerprint density at radius 2 is 1.91 bits per heavy atom. The molecule has 1 fully saturated rings. The molecule has 1 saturated heterocycles. The van der Waals surface area contributed by atoms with Crippen molar-refractivity contribution < 1.29 is 9.53 Å². The van der Waals surface area contributed by atoms with E-state index in [0.29, 0.717) is 11.5 Å². The van der Waals surface area contributed by atoms with E-state index in [1.54, 1.807) is 0 Å². The molecule has 1 atom stereocenters. The minimum atomic E-state index is -0.466. The minimum absolute atomic E-state index is 0.226. The van der Waals surface area contributed by atoms with Gasteiger partial charge >= 0.3 is 6.09 Å². The first-order valence-electron chi connectivity index (χ1n) is 10.7. The summed E-state index contributed by atoms with van der Waals surface area (Å²) in [6.45, 7) is 0.873. The zero-order chi connectivity index (χ0) is 22.3. The lowest BCUT2D eigenvalue weighted by molar-refractivity contribution is 0.0716. The quantitative estimate of drug-likeness (QED) is 0.524. The number of anilines is 4. The maximum Gasteiger partial charge on any atom is 0.413 e. The van der Waals surface area contributed by atoms with Gasteiger partial charge in [-0.3, -0.25) is 10.6 Å². The third-order valence-corrected chi connectivity index (χ3v) is 5.22. The molecule has 8 nitrogen and oxygen atoms in total. The van der Waals surface area contributed by atoms with Gasteiger partial charge in [0.1, 0.15) is 12.1 Å². The Labute approximate surface area is 188 Å². The molecule has 2 heterocycles. The number of hydrogen-bond donors (Lipinski definition) is 3. The summed E-state index contributed by atoms with van der Waals surface area (Å²) in [6, 6.07) is 17.5. The number of aromatic nitrogens is 2. The Hall–Kier alpha value is -3.65. The number of carbonyl (C=O) groups excluding carboxylic acids is 1. The number of ether oxygens (including phenoxy) is 1. The number of nitrogens with one attached hydrogen (secondary N) is 3. The van der Waals surface area contributed by atoms with E-state index in [0.717, 1.165) is 48.4 Å². The summed E-state index contributed by atoms with van der Waals surface area (Å²) in [4.78, 5) is 23.0. The lowest BCUT2D eigenvalue weighted by Crippen LogP contribution is -2.38. The molecule has 0 radical (unpaired) electrons. The lowest BCUT2D eigenvalue weighted by atomic mass is 10.1. The Kier molecular flexibility index (Phi) is 6.81. The van der Waals surface area contributed by atoms with Crippen LogP contribution >= 0.6 is 0 Å². The Morgan fingerprint density at radius 3 is 2.72 bits per heavy atom. The summed E-state index contributed by atoms with van der Waals surface area (Å²) in [5.41, 5.74) is 4.37. The maximum absolute atomic E-state index is 12.2. The monoisotopic (exact) mass is 432 g/mol. The van der Waals surface area contributed by atoms with E-state index in [2.05, 4.69) is 43.0 Å². The van der Waals surface area contributed by atoms with Gasteiger partial charge < -0.3 is 15.0 Å². The number of nitrogens with zero attached hydrogens (tertiary/aromatic N) is 3. The number of benzene rings is 2. The SMILES string of the molecule is CN(C)c1cccc(-c2cc(Nc3cccc(NC(=O)O[C@H]4CCCCN4)c3)ncn2)c1. The van der Waals surface area contributed by atoms with Crippen LogP contribution in [-0.2, 0) is 4.74 Å². The molecule has 32 heavy (non-hydrogen) atoms. The second-order valence-electron chi connectivity index (χ2n) is 7.91. The van der Waals surface area contributed by atoms with Crippen LogP contribution in [0.2, 0.25) is 0 Å². The predicted octanol–water partition coefficient (Wildman–Crippen LogP) is 4.60. The van der Waals surface area contributed by atoms with E-state index in [1.165, 1.54) is 6.33 Å². The van der Waals surface area contributed by atoms with Crippen molar-refractivity contribution in [3.8, 4) is 11.3 Å². The molecule has 166 valence electrons. The van der Waals surface area contributed by atoms with Crippen molar-refractivity contribution in [2.45, 2.75) is 25.5 Å². The number of carbonyl (C=O) groups is 1. The molecule has 1 aromatic heterocycles. The van der Waals surface area contributed by atoms with E-state index < -0.39 is 6.09 Å². The van der Waals surface area contributed by atoms with Gasteiger partial charge in [0, 0.05) is 42.8 Å². The highest BCUT2D eigenvalue weighted by atomic mass is 16.6. The fourth-order valence-electron chi connectivity index (χ4n) is 3.55. The van der Waals surface area contributed by atoms with Gasteiger partial charge in [-0.05, 0) is 56.1 Å². The van der Waals surface area contributed by atoms with Crippen LogP contribution in [0.15, 0.2) is 60.9 Å². The van der Waals surface area contributed by atoms with Gasteiger partial charge in [-0.25, -0.2) is 14.8 Å². The van der Waals surface area contributed by atoms with Crippen molar-refractivity contribution in [3.05, 3.63) is 60.9 Å². The first-order chi connectivity index (χ1) is 15.6. The zero-order valence-electron chi connectivity index (χ0n) is 18.3. The van der Waals surface area contributed by atoms with Gasteiger partial charge in [-0.1, -0.05) is 18.2 Å². The zero-order valence-corrected chi connectivity index (χ0v) is 18.3. The third kappa shape index (κ3) is 5.73. The second-order valence-corrected chi connectivity index (χ2v) is 7.91. The van der Waals surface area contributed by atoms with Gasteiger partial charge in [-0.15, -0.1) is 0 Å². The summed E-state index contributed by atoms with van der Waals surface area (Å²) in [6.07, 6.45) is 3.85. The fourth-order valence-corrected chi connectivity index (χ4v) is 3.55. The molecule has 3 aromatic rings. The van der Waals surface area contributed by atoms with Gasteiger partial charge in [0.25, 0.3) is 0 Å². The van der Waals surface area contributed by atoms with E-state index >= 15 is 0 Å². The molecule has 8 heteroatoms. The third-order valence-electron chi connectivity index (χ3n) is 5.22. The van der Waals surface area contributed by atoms with Crippen molar-refractivity contribution in [2.24, 2.45) is 0 Å². The van der Waals surface area contributed by atoms with Crippen LogP contribution in [0.5, 0.6) is 0 Å². The highest BCUT2D eigenvalue weighted by molar-refractivity contribution is 5.85. The van der Waals surface area contributed by atoms with E-state index in [4.69, 9.17) is 4.74 Å². The lowest BCUT2D eigenvalue weighted by Gasteiger charge is -2.23. The highest BCUT2D eigenvalue weighted by Gasteiger charge is 2.17. The summed E-state index contributed by atoms with van der Waals surface area (Å²) >= 11 is 0. The van der Waals surface area contributed by atoms with Crippen LogP contribution in [0, 0.1) is 0 Å². The largest absolute Gasteiger partial charge is 0.430 e. The van der Waals surface area contributed by atoms with Gasteiger partial charge in [0.2, 0.25) is 0 Å². The van der Waals surface area contributed by atoms with Crippen molar-refractivity contribution >= 4 is 29.0 Å². The summed E-state index contributed by atoms with van der Waals surface area (Å²) in [5.74, 6) is 0.663. The molecule has 2 aromatic carbocycles. The standard InChI is InChI=1S/C24H28N6O2/c1-30(2)20-10-5-7-17(13-20)21-15-22(27-16-26-21)28-18-8-6-9-19(14-18)29-24(31)32-23-11-3-4-12-25-23/h5-10,13-16,23,25H,3-4,11-12H2,1-2H3,(H,29,31)(H,26,27,28)/t23-/m0/s1. The second kappa shape index (κ2) is 10.1. The molecule has 1 amide bonds. The summed E-state index contributed by atoms with van der Waals surface area (Å²) in [5, 5.41) is 9.27. The Morgan fingerprint density at radius 1 is 1.06 bits per heavy atom. The molecule has 3 N–H and O–H groups in total. The van der Waals surface area contributed by atoms with Crippen molar-refractivity contribution in [3.63, 3.8) is 0 Å². The molecule has 1 aliphatic heterocycles. The maximum atomic E-state index is 12.2. The van der Waals surface area contributed by atoms with Crippen molar-refractivity contribution in [2.75, 3.05) is 36.2 Å². The molecule has 0 aliphatic carbocycles. The molecule has 1 aliphatic rings. The highest BCUT2D eigenvalue weighted by Crippen LogP contribution is 2.25. The van der Waals surface area contributed by atoms with E-state index in [-0.39, 0.29) is 6.23 Å². The fraction of sp³-hybridized carbons (Fsp3) is 0.292. The molecule has 4 rings (SSSR count). The number of rotatable bonds is 6. The van der Waals surface area contributed by atoms with Gasteiger partial charge in [0.05, 0.1) is 5.69 Å². The number of piperidine rings is 1. The molecular weight excluding hydrogens is 404 g/mol. The molecule has 0 spiro atoms. The van der Waals surface area contributed by atoms with Crippen LogP contribution in [0.3, 0.4) is 0 Å². The first-order valence-corrected chi connectivity index (χ1v) is 10.7. The van der Waals surface area contributed by atoms with Crippen molar-refractivity contribution in [1.82, 2.24) is 15.3 Å². The average molecular weight is 433 g/mol. The number of amides is 1. The topological polar surface area (TPSA) is 91.4 Å². The smallest absolute Gasteiger partial charge is 0.413 e. The summed E-state index contributed by atoms with van der Waals surface area (Å²) < 4.78 is 5.44. The summed E-state index contributed by atoms with van der Waals surface area (Å²) in [7, 11) is 4.02. The van der Waals surface area contributed by atoms with E-state index in [1.807, 2.05) is 56.6 Å². The minimum Gasteiger partial charge on any atom is -0.430 e. The molecule has 0 saturated carbocycles. The Bertz CT molecular complexity index is 1070. The Balaban J connectivity index is 1.43. The number of hydrogen-bond acceptors (Lipinski definition) is 7. The van der Waals surface area contributed by atoms with Crippen LogP contribution in [0.25, 0.3) is 11.3 Å². The van der Waals surface area contributed by atoms with Gasteiger partial charge in [-0.2, -0.15) is 0 Å². The van der Waals surface area contributed by atoms with Gasteiger partial charge in [0.15, 0.2) is 6.23 Å². The first kappa shape index (κ1) is 21.6. The predicted molar refractivity (Wildman–Crippen MR) is 127 cm³/mol. The van der Waals surface area contributed by atoms with E-state index in [9.17, 15) is 4.79 Å². The van der Waals surface area contributed by atoms with Crippen LogP contribution in [0.1, 0.15) is 19.3 Å². The molecule has 0 bridgehead atoms. The average Bonchev–Trinajstić information content (AvgIpc) is 2.80.